The number of benzene rings is 3. The molecular formula is C64H82F2N9O13PS2. The summed E-state index contributed by atoms with van der Waals surface area (Å²) in [4.78, 5) is 142. The van der Waals surface area contributed by atoms with Gasteiger partial charge in [0.25, 0.3) is 5.91 Å². The van der Waals surface area contributed by atoms with Gasteiger partial charge in [-0.1, -0.05) is 115 Å². The summed E-state index contributed by atoms with van der Waals surface area (Å²) in [5.41, 5.74) is -1.71. The van der Waals surface area contributed by atoms with Crippen molar-refractivity contribution in [2.75, 3.05) is 52.4 Å². The molecule has 0 unspecified atom stereocenters. The molecule has 7 N–H and O–H groups in total. The van der Waals surface area contributed by atoms with Crippen molar-refractivity contribution in [2.45, 2.75) is 148 Å². The summed E-state index contributed by atoms with van der Waals surface area (Å²) in [5, 5.41) is 22.3. The number of thiazole rings is 1. The fraction of sp³-hybridized carbons (Fsp3) is 0.516. The highest BCUT2D eigenvalue weighted by atomic mass is 32.1. The Labute approximate surface area is 536 Å². The SMILES string of the molecule is Cc1ncsc1-c1ccc([C@H](C)NC(=O)[C@@H]2C[C@@H](O)CN2C(=O)[C@@H](NC(=O)CCCCCCNC(=O)CC(=O)N2CCN(C(=O)[C@@H](NC(=O)c3cc4cc(C(F)(F)P(=O)(O)O)ccc4s3)C(C)(C)C)[C@H](C(=O)N3CCO[C@H](c4ccccc4)C3)C2)C(C)(C)C)cc1. The first-order valence-corrected chi connectivity index (χ1v) is 33.8. The lowest BCUT2D eigenvalue weighted by atomic mass is 9.85. The summed E-state index contributed by atoms with van der Waals surface area (Å²) in [6.07, 6.45) is 0.410. The van der Waals surface area contributed by atoms with Crippen LogP contribution in [0.1, 0.15) is 138 Å². The van der Waals surface area contributed by atoms with Crippen LogP contribution in [0.15, 0.2) is 84.4 Å². The molecule has 492 valence electrons. The quantitative estimate of drug-likeness (QED) is 0.0205. The third kappa shape index (κ3) is 17.2. The standard InChI is InChI=1S/C64H82F2N9O13PS2/c1-38(40-19-21-42(22-20-40)54-39(2)68-37-90-54)69-57(80)46-32-45(76)34-75(46)61(84)55(62(3,4)5)70-51(77)18-14-9-10-15-25-67-52(78)33-53(79)72-26-27-74(47(35-72)59(82)73-28-29-88-48(36-73)41-16-12-11-13-17-41)60(83)56(63(6,7)8)71-58(81)50-31-43-30-44(23-24-49(43)91-50)64(65,66)89(85,86)87/h11-13,16-17,19-24,30-31,37-38,45-48,55-56,76H,9-10,14-15,18,25-29,32-36H2,1-8H3,(H,67,78)(H,69,80)(H,70,77)(H,71,81)(H2,85,86,87)/t38-,45+,46-,47-,48-,55+,56+/m0/s1. The van der Waals surface area contributed by atoms with E-state index in [0.717, 1.165) is 50.7 Å². The van der Waals surface area contributed by atoms with Gasteiger partial charge in [0.15, 0.2) is 0 Å². The summed E-state index contributed by atoms with van der Waals surface area (Å²) in [6.45, 7) is 14.6. The number of β-amino-alcohol motifs (C(OH)–C–C–N with tert-alkyl or cyclic N) is 1. The van der Waals surface area contributed by atoms with Crippen LogP contribution < -0.4 is 21.3 Å². The number of likely N-dealkylation sites (tertiary alicyclic amines) is 1. The summed E-state index contributed by atoms with van der Waals surface area (Å²) in [5.74, 6) is -4.22. The van der Waals surface area contributed by atoms with Crippen molar-refractivity contribution >= 4 is 87.6 Å². The van der Waals surface area contributed by atoms with Gasteiger partial charge >= 0.3 is 13.3 Å². The highest BCUT2D eigenvalue weighted by molar-refractivity contribution is 7.52. The number of carbonyl (C=O) groups is 8. The lowest BCUT2D eigenvalue weighted by molar-refractivity contribution is -0.158. The number of ether oxygens (including phenoxy) is 1. The number of rotatable bonds is 22. The van der Waals surface area contributed by atoms with Gasteiger partial charge in [-0.25, -0.2) is 4.98 Å². The summed E-state index contributed by atoms with van der Waals surface area (Å²) >= 11 is 2.46. The van der Waals surface area contributed by atoms with E-state index in [1.54, 1.807) is 42.5 Å². The Morgan fingerprint density at radius 1 is 0.758 bits per heavy atom. The minimum absolute atomic E-state index is 0.0174. The van der Waals surface area contributed by atoms with Gasteiger partial charge in [0.05, 0.1) is 52.8 Å². The van der Waals surface area contributed by atoms with Crippen LogP contribution in [-0.2, 0) is 48.5 Å². The molecule has 3 aliphatic rings. The lowest BCUT2D eigenvalue weighted by Gasteiger charge is -2.45. The zero-order valence-electron chi connectivity index (χ0n) is 52.4. The molecule has 8 amide bonds. The molecule has 3 aliphatic heterocycles. The number of hydrogen-bond acceptors (Lipinski definition) is 14. The number of aliphatic hydroxyl groups is 1. The first-order valence-electron chi connectivity index (χ1n) is 30.5. The molecule has 3 fully saturated rings. The van der Waals surface area contributed by atoms with Gasteiger partial charge in [-0.05, 0) is 77.8 Å². The van der Waals surface area contributed by atoms with Crippen molar-refractivity contribution in [1.29, 1.82) is 0 Å². The zero-order valence-corrected chi connectivity index (χ0v) is 54.9. The second-order valence-corrected chi connectivity index (χ2v) is 29.3. The first kappa shape index (κ1) is 69.8. The van der Waals surface area contributed by atoms with Crippen LogP contribution in [0.3, 0.4) is 0 Å². The summed E-state index contributed by atoms with van der Waals surface area (Å²) < 4.78 is 47.3. The number of aliphatic hydroxyl groups excluding tert-OH is 1. The number of morpholine rings is 1. The largest absolute Gasteiger partial charge is 0.399 e. The van der Waals surface area contributed by atoms with E-state index in [2.05, 4.69) is 26.3 Å². The van der Waals surface area contributed by atoms with Crippen molar-refractivity contribution < 1.29 is 71.3 Å². The molecule has 8 rings (SSSR count). The first-order chi connectivity index (χ1) is 42.8. The van der Waals surface area contributed by atoms with Crippen LogP contribution in [-0.4, -0.2) is 169 Å². The highest BCUT2D eigenvalue weighted by Gasteiger charge is 2.51. The molecular weight excluding hydrogens is 1240 g/mol. The van der Waals surface area contributed by atoms with Gasteiger partial charge in [-0.2, -0.15) is 8.78 Å². The topological polar surface area (TPSA) is 298 Å². The third-order valence-electron chi connectivity index (χ3n) is 16.7. The molecule has 7 atom stereocenters. The number of amides is 8. The van der Waals surface area contributed by atoms with E-state index in [9.17, 15) is 66.6 Å². The molecule has 0 spiro atoms. The Kier molecular flexibility index (Phi) is 22.5. The van der Waals surface area contributed by atoms with E-state index < -0.39 is 120 Å². The van der Waals surface area contributed by atoms with Crippen molar-refractivity contribution in [1.82, 2.24) is 45.9 Å². The van der Waals surface area contributed by atoms with Crippen molar-refractivity contribution in [3.8, 4) is 10.4 Å². The van der Waals surface area contributed by atoms with E-state index in [1.807, 2.05) is 89.2 Å². The Morgan fingerprint density at radius 3 is 2.09 bits per heavy atom. The minimum atomic E-state index is -5.88. The van der Waals surface area contributed by atoms with Crippen molar-refractivity contribution in [3.05, 3.63) is 112 Å². The van der Waals surface area contributed by atoms with E-state index in [1.165, 1.54) is 26.8 Å². The monoisotopic (exact) mass is 1320 g/mol. The molecule has 3 aromatic carbocycles. The highest BCUT2D eigenvalue weighted by Crippen LogP contribution is 2.59. The molecule has 2 aromatic heterocycles. The Balaban J connectivity index is 0.826. The van der Waals surface area contributed by atoms with E-state index in [0.29, 0.717) is 30.4 Å². The normalized spacial score (nSPS) is 19.4. The van der Waals surface area contributed by atoms with Crippen molar-refractivity contribution in [3.63, 3.8) is 0 Å². The maximum absolute atomic E-state index is 14.9. The summed E-state index contributed by atoms with van der Waals surface area (Å²) in [7, 11) is -5.88. The maximum Gasteiger partial charge on any atom is 0.399 e. The number of nitrogens with zero attached hydrogens (tertiary/aromatic N) is 5. The molecule has 5 heterocycles. The number of alkyl halides is 2. The smallest absolute Gasteiger partial charge is 0.391 e. The second kappa shape index (κ2) is 29.3. The predicted octanol–water partition coefficient (Wildman–Crippen LogP) is 7.17. The number of nitrogens with one attached hydrogen (secondary N) is 4. The number of thiophene rings is 1. The fourth-order valence-electron chi connectivity index (χ4n) is 11.5. The van der Waals surface area contributed by atoms with Crippen LogP contribution in [0.2, 0.25) is 0 Å². The lowest BCUT2D eigenvalue weighted by Crippen LogP contribution is -2.66. The van der Waals surface area contributed by atoms with Gasteiger partial charge in [-0.3, -0.25) is 42.9 Å². The third-order valence-corrected chi connectivity index (χ3v) is 19.8. The number of aromatic nitrogens is 1. The predicted molar refractivity (Wildman–Crippen MR) is 339 cm³/mol. The van der Waals surface area contributed by atoms with Crippen LogP contribution >= 0.6 is 30.3 Å². The van der Waals surface area contributed by atoms with Gasteiger partial charge in [-0.15, -0.1) is 22.7 Å². The Morgan fingerprint density at radius 2 is 1.43 bits per heavy atom. The van der Waals surface area contributed by atoms with Crippen LogP contribution in [0.4, 0.5) is 8.78 Å². The van der Waals surface area contributed by atoms with Gasteiger partial charge in [0.2, 0.25) is 41.4 Å². The number of unbranched alkanes of at least 4 members (excludes halogenated alkanes) is 3. The van der Waals surface area contributed by atoms with E-state index in [-0.39, 0.29) is 81.4 Å². The van der Waals surface area contributed by atoms with Crippen LogP contribution in [0, 0.1) is 17.8 Å². The molecule has 5 aromatic rings. The molecule has 3 saturated heterocycles. The number of halogens is 2. The Hall–Kier alpha value is -7.06. The average molecular weight is 1320 g/mol. The molecule has 0 saturated carbocycles. The zero-order chi connectivity index (χ0) is 66.3. The molecule has 22 nitrogen and oxygen atoms in total. The molecule has 27 heteroatoms. The Bertz CT molecular complexity index is 3520. The molecule has 0 bridgehead atoms. The number of fused-ring (bicyclic) bond motifs is 1. The second-order valence-electron chi connectivity index (χ2n) is 25.7. The molecule has 91 heavy (non-hydrogen) atoms. The molecule has 0 aliphatic carbocycles. The van der Waals surface area contributed by atoms with Gasteiger partial charge in [0.1, 0.15) is 36.7 Å². The van der Waals surface area contributed by atoms with Crippen LogP contribution in [0.5, 0.6) is 0 Å². The minimum Gasteiger partial charge on any atom is -0.391 e. The number of hydrogen-bond donors (Lipinski definition) is 7. The van der Waals surface area contributed by atoms with Crippen LogP contribution in [0.25, 0.3) is 20.5 Å². The number of carbonyl (C=O) groups excluding carboxylic acids is 8. The van der Waals surface area contributed by atoms with Gasteiger partial charge in [0, 0.05) is 55.8 Å². The maximum atomic E-state index is 14.9. The average Bonchev–Trinajstić information content (AvgIpc) is 1.97. The van der Waals surface area contributed by atoms with E-state index in [4.69, 9.17) is 4.74 Å². The summed E-state index contributed by atoms with van der Waals surface area (Å²) in [6, 6.07) is 16.5. The molecule has 0 radical (unpaired) electrons. The van der Waals surface area contributed by atoms with Gasteiger partial charge < -0.3 is 60.5 Å². The van der Waals surface area contributed by atoms with E-state index >= 15 is 0 Å². The fourth-order valence-corrected chi connectivity index (χ4v) is 13.7. The number of aryl methyl sites for hydroxylation is 1. The van der Waals surface area contributed by atoms with Crippen molar-refractivity contribution in [2.24, 2.45) is 10.8 Å². The number of piperazine rings is 1.